The number of fused-ring (bicyclic) bond motifs is 1. The van der Waals surface area contributed by atoms with Gasteiger partial charge in [0, 0.05) is 0 Å². The molecule has 0 saturated carbocycles. The van der Waals surface area contributed by atoms with Gasteiger partial charge in [-0.2, -0.15) is 0 Å². The Morgan fingerprint density at radius 2 is 1.84 bits per heavy atom. The van der Waals surface area contributed by atoms with Crippen LogP contribution in [0.4, 0.5) is 0 Å². The highest BCUT2D eigenvalue weighted by Gasteiger charge is 2.22. The Labute approximate surface area is 109 Å². The molecular weight excluding hydrogens is 252 g/mol. The minimum absolute atomic E-state index is 0.151. The molecule has 1 heterocycles. The highest BCUT2D eigenvalue weighted by atomic mass is 16.6. The van der Waals surface area contributed by atoms with Crippen LogP contribution in [-0.4, -0.2) is 35.4 Å². The van der Waals surface area contributed by atoms with Crippen molar-refractivity contribution in [3.05, 3.63) is 23.8 Å². The molecule has 102 valence electrons. The van der Waals surface area contributed by atoms with E-state index in [0.717, 1.165) is 5.56 Å². The number of hydrogen-bond donors (Lipinski definition) is 2. The van der Waals surface area contributed by atoms with Crippen LogP contribution in [0.2, 0.25) is 0 Å². The van der Waals surface area contributed by atoms with Crippen LogP contribution in [-0.2, 0) is 16.0 Å². The summed E-state index contributed by atoms with van der Waals surface area (Å²) in [5.41, 5.74) is 0.720. The smallest absolute Gasteiger partial charge is 0.307 e. The minimum Gasteiger partial charge on any atom is -0.486 e. The van der Waals surface area contributed by atoms with Crippen LogP contribution in [0, 0.1) is 5.92 Å². The van der Waals surface area contributed by atoms with Crippen molar-refractivity contribution in [1.82, 2.24) is 0 Å². The number of benzene rings is 1. The van der Waals surface area contributed by atoms with Gasteiger partial charge in [-0.3, -0.25) is 9.59 Å². The summed E-state index contributed by atoms with van der Waals surface area (Å²) in [4.78, 5) is 21.6. The van der Waals surface area contributed by atoms with Gasteiger partial charge in [0.2, 0.25) is 0 Å². The van der Waals surface area contributed by atoms with Crippen molar-refractivity contribution < 1.29 is 29.3 Å². The second-order valence-corrected chi connectivity index (χ2v) is 4.32. The first-order valence-corrected chi connectivity index (χ1v) is 5.89. The molecule has 0 spiro atoms. The summed E-state index contributed by atoms with van der Waals surface area (Å²) in [7, 11) is 0. The molecule has 0 fully saturated rings. The maximum absolute atomic E-state index is 11.0. The number of carbonyl (C=O) groups is 2. The Kier molecular flexibility index (Phi) is 3.89. The standard InChI is InChI=1S/C13H14O6/c14-12(15)7-9(13(16)17)5-8-1-2-10-11(6-8)19-4-3-18-10/h1-2,6,9H,3-5,7H2,(H,14,15)(H,16,17). The summed E-state index contributed by atoms with van der Waals surface area (Å²) in [6.45, 7) is 0.942. The zero-order valence-electron chi connectivity index (χ0n) is 10.2. The van der Waals surface area contributed by atoms with Gasteiger partial charge in [-0.15, -0.1) is 0 Å². The van der Waals surface area contributed by atoms with E-state index in [4.69, 9.17) is 19.7 Å². The third-order valence-electron chi connectivity index (χ3n) is 2.86. The molecule has 2 rings (SSSR count). The molecule has 2 N–H and O–H groups in total. The van der Waals surface area contributed by atoms with Crippen LogP contribution in [0.5, 0.6) is 11.5 Å². The molecule has 0 radical (unpaired) electrons. The Balaban J connectivity index is 2.12. The van der Waals surface area contributed by atoms with E-state index in [-0.39, 0.29) is 6.42 Å². The lowest BCUT2D eigenvalue weighted by Crippen LogP contribution is -2.20. The normalized spacial score (nSPS) is 14.7. The molecule has 0 bridgehead atoms. The lowest BCUT2D eigenvalue weighted by Gasteiger charge is -2.19. The second-order valence-electron chi connectivity index (χ2n) is 4.32. The second kappa shape index (κ2) is 5.60. The maximum atomic E-state index is 11.0. The quantitative estimate of drug-likeness (QED) is 0.831. The molecule has 1 unspecified atom stereocenters. The van der Waals surface area contributed by atoms with Crippen molar-refractivity contribution in [3.8, 4) is 11.5 Å². The number of carboxylic acids is 2. The molecule has 0 aliphatic carbocycles. The number of hydrogen-bond acceptors (Lipinski definition) is 4. The average molecular weight is 266 g/mol. The fourth-order valence-electron chi connectivity index (χ4n) is 1.96. The summed E-state index contributed by atoms with van der Waals surface area (Å²) in [5.74, 6) is -1.98. The van der Waals surface area contributed by atoms with Crippen LogP contribution < -0.4 is 9.47 Å². The number of carboxylic acid groups (broad SMARTS) is 2. The Bertz CT molecular complexity index is 496. The Hall–Kier alpha value is -2.24. The first-order chi connectivity index (χ1) is 9.06. The molecule has 19 heavy (non-hydrogen) atoms. The van der Waals surface area contributed by atoms with E-state index in [1.165, 1.54) is 0 Å². The summed E-state index contributed by atoms with van der Waals surface area (Å²) in [6, 6.07) is 5.14. The van der Waals surface area contributed by atoms with E-state index in [1.54, 1.807) is 18.2 Å². The first kappa shape index (κ1) is 13.2. The van der Waals surface area contributed by atoms with Gasteiger partial charge < -0.3 is 19.7 Å². The lowest BCUT2D eigenvalue weighted by molar-refractivity contribution is -0.148. The van der Waals surface area contributed by atoms with E-state index in [9.17, 15) is 9.59 Å². The number of rotatable bonds is 5. The molecule has 0 aromatic heterocycles. The van der Waals surface area contributed by atoms with E-state index < -0.39 is 24.3 Å². The fraction of sp³-hybridized carbons (Fsp3) is 0.385. The lowest BCUT2D eigenvalue weighted by atomic mass is 9.96. The van der Waals surface area contributed by atoms with Gasteiger partial charge >= 0.3 is 11.9 Å². The summed E-state index contributed by atoms with van der Waals surface area (Å²) >= 11 is 0. The summed E-state index contributed by atoms with van der Waals surface area (Å²) < 4.78 is 10.8. The van der Waals surface area contributed by atoms with E-state index in [2.05, 4.69) is 0 Å². The Morgan fingerprint density at radius 3 is 2.47 bits per heavy atom. The molecule has 1 aromatic carbocycles. The summed E-state index contributed by atoms with van der Waals surface area (Å²) in [5, 5.41) is 17.7. The molecule has 1 aliphatic rings. The van der Waals surface area contributed by atoms with Crippen molar-refractivity contribution in [2.24, 2.45) is 5.92 Å². The third-order valence-corrected chi connectivity index (χ3v) is 2.86. The molecule has 6 heteroatoms. The van der Waals surface area contributed by atoms with Gasteiger partial charge in [0.25, 0.3) is 0 Å². The highest BCUT2D eigenvalue weighted by Crippen LogP contribution is 2.31. The molecule has 1 atom stereocenters. The average Bonchev–Trinajstić information content (AvgIpc) is 2.37. The van der Waals surface area contributed by atoms with Crippen molar-refractivity contribution in [3.63, 3.8) is 0 Å². The van der Waals surface area contributed by atoms with Gasteiger partial charge in [-0.05, 0) is 24.1 Å². The molecule has 1 aromatic rings. The van der Waals surface area contributed by atoms with Gasteiger partial charge in [-0.25, -0.2) is 0 Å². The fourth-order valence-corrected chi connectivity index (χ4v) is 1.96. The minimum atomic E-state index is -1.12. The van der Waals surface area contributed by atoms with Crippen LogP contribution in [0.25, 0.3) is 0 Å². The van der Waals surface area contributed by atoms with Crippen molar-refractivity contribution >= 4 is 11.9 Å². The van der Waals surface area contributed by atoms with Crippen molar-refractivity contribution in [2.45, 2.75) is 12.8 Å². The molecular formula is C13H14O6. The van der Waals surface area contributed by atoms with Crippen LogP contribution in [0.15, 0.2) is 18.2 Å². The molecule has 1 aliphatic heterocycles. The summed E-state index contributed by atoms with van der Waals surface area (Å²) in [6.07, 6.45) is -0.248. The van der Waals surface area contributed by atoms with Crippen molar-refractivity contribution in [2.75, 3.05) is 13.2 Å². The third kappa shape index (κ3) is 3.37. The highest BCUT2D eigenvalue weighted by molar-refractivity contribution is 5.78. The number of aliphatic carboxylic acids is 2. The zero-order chi connectivity index (χ0) is 13.8. The molecule has 0 saturated heterocycles. The van der Waals surface area contributed by atoms with Crippen molar-refractivity contribution in [1.29, 1.82) is 0 Å². The van der Waals surface area contributed by atoms with E-state index in [1.807, 2.05) is 0 Å². The van der Waals surface area contributed by atoms with Gasteiger partial charge in [0.1, 0.15) is 13.2 Å². The van der Waals surface area contributed by atoms with Crippen LogP contribution in [0.1, 0.15) is 12.0 Å². The van der Waals surface area contributed by atoms with Gasteiger partial charge in [0.05, 0.1) is 12.3 Å². The molecule has 0 amide bonds. The maximum Gasteiger partial charge on any atom is 0.307 e. The van der Waals surface area contributed by atoms with Gasteiger partial charge in [-0.1, -0.05) is 6.07 Å². The Morgan fingerprint density at radius 1 is 1.16 bits per heavy atom. The predicted molar refractivity (Wildman–Crippen MR) is 64.5 cm³/mol. The zero-order valence-corrected chi connectivity index (χ0v) is 10.2. The van der Waals surface area contributed by atoms with E-state index in [0.29, 0.717) is 24.7 Å². The molecule has 6 nitrogen and oxygen atoms in total. The van der Waals surface area contributed by atoms with Crippen LogP contribution >= 0.6 is 0 Å². The van der Waals surface area contributed by atoms with E-state index >= 15 is 0 Å². The largest absolute Gasteiger partial charge is 0.486 e. The SMILES string of the molecule is O=C(O)CC(Cc1ccc2c(c1)OCCO2)C(=O)O. The first-order valence-electron chi connectivity index (χ1n) is 5.89. The topological polar surface area (TPSA) is 93.1 Å². The predicted octanol–water partition coefficient (Wildman–Crippen LogP) is 1.18. The van der Waals surface area contributed by atoms with Crippen LogP contribution in [0.3, 0.4) is 0 Å². The number of ether oxygens (including phenoxy) is 2. The monoisotopic (exact) mass is 266 g/mol. The van der Waals surface area contributed by atoms with Gasteiger partial charge in [0.15, 0.2) is 11.5 Å².